The molecule has 0 spiro atoms. The summed E-state index contributed by atoms with van der Waals surface area (Å²) in [7, 11) is 0. The lowest BCUT2D eigenvalue weighted by molar-refractivity contribution is -0.904. The molecule has 1 fully saturated rings. The molecule has 1 heterocycles. The van der Waals surface area contributed by atoms with E-state index in [1.165, 1.54) is 17.0 Å². The van der Waals surface area contributed by atoms with Gasteiger partial charge in [0.25, 0.3) is 0 Å². The van der Waals surface area contributed by atoms with E-state index in [2.05, 4.69) is 0 Å². The highest BCUT2D eigenvalue weighted by molar-refractivity contribution is 5.49. The van der Waals surface area contributed by atoms with Crippen LogP contribution < -0.4 is 9.80 Å². The number of aliphatic hydroxyl groups is 1. The van der Waals surface area contributed by atoms with Crippen molar-refractivity contribution in [2.45, 2.75) is 12.3 Å². The van der Waals surface area contributed by atoms with Crippen LogP contribution >= 0.6 is 0 Å². The summed E-state index contributed by atoms with van der Waals surface area (Å²) in [5, 5.41) is 10.3. The molecule has 134 valence electrons. The molecule has 0 aliphatic carbocycles. The number of benzene rings is 2. The summed E-state index contributed by atoms with van der Waals surface area (Å²) >= 11 is 0. The molecule has 6 heteroatoms. The molecule has 0 radical (unpaired) electrons. The van der Waals surface area contributed by atoms with Crippen molar-refractivity contribution >= 4 is 5.69 Å². The molecule has 1 aliphatic heterocycles. The first-order valence-corrected chi connectivity index (χ1v) is 8.42. The zero-order chi connectivity index (χ0) is 17.9. The lowest BCUT2D eigenvalue weighted by atomic mass is 10.1. The summed E-state index contributed by atoms with van der Waals surface area (Å²) in [6, 6.07) is 15.0. The van der Waals surface area contributed by atoms with Crippen molar-refractivity contribution in [2.75, 3.05) is 37.6 Å². The predicted molar refractivity (Wildman–Crippen MR) is 90.6 cm³/mol. The number of nitrogens with one attached hydrogen (secondary N) is 1. The minimum Gasteiger partial charge on any atom is -0.382 e. The quantitative estimate of drug-likeness (QED) is 0.883. The molecule has 0 bridgehead atoms. The number of hydrogen-bond donors (Lipinski definition) is 2. The average Bonchev–Trinajstić information content (AvgIpc) is 2.62. The Bertz CT molecular complexity index is 683. The van der Waals surface area contributed by atoms with Gasteiger partial charge in [-0.1, -0.05) is 36.4 Å². The minimum absolute atomic E-state index is 0.517. The highest BCUT2D eigenvalue weighted by Gasteiger charge is 2.31. The van der Waals surface area contributed by atoms with Crippen LogP contribution in [-0.4, -0.2) is 37.8 Å². The molecule has 0 aromatic heterocycles. The van der Waals surface area contributed by atoms with E-state index in [1.807, 2.05) is 35.2 Å². The molecule has 1 saturated heterocycles. The zero-order valence-electron chi connectivity index (χ0n) is 13.8. The molecule has 3 nitrogen and oxygen atoms in total. The summed E-state index contributed by atoms with van der Waals surface area (Å²) in [6.45, 7) is 3.55. The number of alkyl halides is 3. The fourth-order valence-electron chi connectivity index (χ4n) is 3.23. The molecule has 1 aliphatic rings. The Kier molecular flexibility index (Phi) is 5.30. The third kappa shape index (κ3) is 4.52. The molecule has 0 amide bonds. The molecule has 0 saturated carbocycles. The fourth-order valence-corrected chi connectivity index (χ4v) is 3.23. The van der Waals surface area contributed by atoms with Crippen LogP contribution in [0.3, 0.4) is 0 Å². The number of rotatable bonds is 4. The van der Waals surface area contributed by atoms with Crippen LogP contribution in [0.5, 0.6) is 0 Å². The number of quaternary nitrogens is 1. The number of nitrogens with zero attached hydrogens (tertiary/aromatic N) is 1. The van der Waals surface area contributed by atoms with Crippen LogP contribution in [0.15, 0.2) is 54.6 Å². The molecule has 3 rings (SSSR count). The molecular formula is C19H22F3N2O+. The monoisotopic (exact) mass is 351 g/mol. The van der Waals surface area contributed by atoms with E-state index in [0.29, 0.717) is 25.3 Å². The maximum atomic E-state index is 12.9. The standard InChI is InChI=1S/C19H21F3N2O/c20-19(21,22)16-7-4-8-17(13-16)24-11-9-23(10-12-24)14-18(25)15-5-2-1-3-6-15/h1-8,13,18,25H,9-12,14H2/p+1/t18-/m1/s1. The molecule has 2 aromatic rings. The fraction of sp³-hybridized carbons (Fsp3) is 0.368. The van der Waals surface area contributed by atoms with Gasteiger partial charge >= 0.3 is 6.18 Å². The van der Waals surface area contributed by atoms with Gasteiger partial charge in [0.1, 0.15) is 12.6 Å². The van der Waals surface area contributed by atoms with Crippen molar-refractivity contribution in [2.24, 2.45) is 0 Å². The Morgan fingerprint density at radius 2 is 1.68 bits per heavy atom. The molecule has 0 unspecified atom stereocenters. The zero-order valence-corrected chi connectivity index (χ0v) is 13.8. The average molecular weight is 351 g/mol. The van der Waals surface area contributed by atoms with Crippen LogP contribution in [0.4, 0.5) is 18.9 Å². The third-order valence-corrected chi connectivity index (χ3v) is 4.68. The largest absolute Gasteiger partial charge is 0.416 e. The second-order valence-corrected chi connectivity index (χ2v) is 6.42. The Labute approximate surface area is 145 Å². The van der Waals surface area contributed by atoms with Crippen molar-refractivity contribution in [1.82, 2.24) is 0 Å². The molecule has 2 N–H and O–H groups in total. The van der Waals surface area contributed by atoms with Gasteiger partial charge in [-0.25, -0.2) is 0 Å². The number of hydrogen-bond acceptors (Lipinski definition) is 2. The van der Waals surface area contributed by atoms with Gasteiger partial charge in [-0.2, -0.15) is 13.2 Å². The first-order chi connectivity index (χ1) is 11.9. The first-order valence-electron chi connectivity index (χ1n) is 8.42. The van der Waals surface area contributed by atoms with E-state index < -0.39 is 17.8 Å². The van der Waals surface area contributed by atoms with E-state index in [9.17, 15) is 18.3 Å². The second-order valence-electron chi connectivity index (χ2n) is 6.42. The van der Waals surface area contributed by atoms with E-state index in [0.717, 1.165) is 24.7 Å². The van der Waals surface area contributed by atoms with Crippen LogP contribution in [0, 0.1) is 0 Å². The summed E-state index contributed by atoms with van der Waals surface area (Å²) in [5.41, 5.74) is 0.895. The Morgan fingerprint density at radius 3 is 2.32 bits per heavy atom. The topological polar surface area (TPSA) is 27.9 Å². The number of anilines is 1. The Balaban J connectivity index is 1.57. The highest BCUT2D eigenvalue weighted by Crippen LogP contribution is 2.31. The van der Waals surface area contributed by atoms with Gasteiger partial charge in [0.15, 0.2) is 0 Å². The van der Waals surface area contributed by atoms with Crippen LogP contribution in [0.25, 0.3) is 0 Å². The van der Waals surface area contributed by atoms with Gasteiger partial charge in [-0.3, -0.25) is 0 Å². The maximum absolute atomic E-state index is 12.9. The van der Waals surface area contributed by atoms with Gasteiger partial charge in [-0.05, 0) is 23.8 Å². The summed E-state index contributed by atoms with van der Waals surface area (Å²) in [4.78, 5) is 3.24. The lowest BCUT2D eigenvalue weighted by Gasteiger charge is -2.34. The molecular weight excluding hydrogens is 329 g/mol. The van der Waals surface area contributed by atoms with Gasteiger partial charge in [0, 0.05) is 5.69 Å². The van der Waals surface area contributed by atoms with Crippen LogP contribution in [0.2, 0.25) is 0 Å². The Morgan fingerprint density at radius 1 is 1.00 bits per heavy atom. The van der Waals surface area contributed by atoms with Crippen molar-refractivity contribution < 1.29 is 23.2 Å². The SMILES string of the molecule is O[C@H](C[NH+]1CCN(c2cccc(C(F)(F)F)c2)CC1)c1ccccc1. The van der Waals surface area contributed by atoms with E-state index >= 15 is 0 Å². The van der Waals surface area contributed by atoms with Crippen LogP contribution in [0.1, 0.15) is 17.2 Å². The third-order valence-electron chi connectivity index (χ3n) is 4.68. The lowest BCUT2D eigenvalue weighted by Crippen LogP contribution is -3.15. The number of aliphatic hydroxyl groups excluding tert-OH is 1. The normalized spacial score (nSPS) is 17.5. The van der Waals surface area contributed by atoms with Gasteiger partial charge < -0.3 is 14.9 Å². The summed E-state index contributed by atoms with van der Waals surface area (Å²) < 4.78 is 38.6. The number of halogens is 3. The number of piperazine rings is 1. The van der Waals surface area contributed by atoms with Crippen molar-refractivity contribution in [3.8, 4) is 0 Å². The van der Waals surface area contributed by atoms with Gasteiger partial charge in [0.05, 0.1) is 31.7 Å². The summed E-state index contributed by atoms with van der Waals surface area (Å²) in [5.74, 6) is 0. The molecule has 1 atom stereocenters. The highest BCUT2D eigenvalue weighted by atomic mass is 19.4. The minimum atomic E-state index is -4.32. The first kappa shape index (κ1) is 17.8. The predicted octanol–water partition coefficient (Wildman–Crippen LogP) is 2.14. The van der Waals surface area contributed by atoms with Crippen molar-refractivity contribution in [3.05, 3.63) is 65.7 Å². The van der Waals surface area contributed by atoms with Crippen molar-refractivity contribution in [1.29, 1.82) is 0 Å². The smallest absolute Gasteiger partial charge is 0.382 e. The Hall–Kier alpha value is -2.05. The van der Waals surface area contributed by atoms with E-state index in [1.54, 1.807) is 6.07 Å². The molecule has 25 heavy (non-hydrogen) atoms. The summed E-state index contributed by atoms with van der Waals surface area (Å²) in [6.07, 6.45) is -4.83. The van der Waals surface area contributed by atoms with Gasteiger partial charge in [0.2, 0.25) is 0 Å². The van der Waals surface area contributed by atoms with Gasteiger partial charge in [-0.15, -0.1) is 0 Å². The van der Waals surface area contributed by atoms with Crippen LogP contribution in [-0.2, 0) is 6.18 Å². The van der Waals surface area contributed by atoms with E-state index in [-0.39, 0.29) is 0 Å². The van der Waals surface area contributed by atoms with E-state index in [4.69, 9.17) is 0 Å². The van der Waals surface area contributed by atoms with Crippen molar-refractivity contribution in [3.63, 3.8) is 0 Å². The maximum Gasteiger partial charge on any atom is 0.416 e. The molecule has 2 aromatic carbocycles. The second kappa shape index (κ2) is 7.45.